The molecule has 0 saturated heterocycles. The first-order valence-corrected chi connectivity index (χ1v) is 11.0. The first-order chi connectivity index (χ1) is 14.4. The second-order valence-electron chi connectivity index (χ2n) is 6.48. The van der Waals surface area contributed by atoms with Crippen molar-refractivity contribution in [3.63, 3.8) is 0 Å². The van der Waals surface area contributed by atoms with Crippen molar-refractivity contribution in [1.29, 1.82) is 0 Å². The van der Waals surface area contributed by atoms with Gasteiger partial charge in [0, 0.05) is 29.8 Å². The van der Waals surface area contributed by atoms with E-state index in [1.807, 2.05) is 57.5 Å². The van der Waals surface area contributed by atoms with Crippen LogP contribution in [0.25, 0.3) is 0 Å². The highest BCUT2D eigenvalue weighted by molar-refractivity contribution is 7.22. The maximum Gasteiger partial charge on any atom is 0.124 e. The number of aryl methyl sites for hydroxylation is 1. The van der Waals surface area contributed by atoms with Gasteiger partial charge >= 0.3 is 0 Å². The van der Waals surface area contributed by atoms with Crippen molar-refractivity contribution in [2.24, 2.45) is 4.99 Å². The largest absolute Gasteiger partial charge is 0.493 e. The fraction of sp³-hybridized carbons (Fsp3) is 0.292. The molecule has 0 spiro atoms. The summed E-state index contributed by atoms with van der Waals surface area (Å²) in [5.41, 5.74) is 4.97. The average molecular weight is 443 g/mol. The van der Waals surface area contributed by atoms with Crippen LogP contribution in [0.15, 0.2) is 65.8 Å². The second-order valence-corrected chi connectivity index (χ2v) is 8.17. The van der Waals surface area contributed by atoms with Crippen LogP contribution in [-0.4, -0.2) is 29.7 Å². The summed E-state index contributed by atoms with van der Waals surface area (Å²) in [6.07, 6.45) is 7.91. The predicted octanol–water partition coefficient (Wildman–Crippen LogP) is 6.49. The van der Waals surface area contributed by atoms with Crippen LogP contribution in [0.2, 0.25) is 0 Å². The zero-order valence-electron chi connectivity index (χ0n) is 18.3. The number of hydrogen-bond acceptors (Lipinski definition) is 5. The van der Waals surface area contributed by atoms with E-state index in [-0.39, 0.29) is 0 Å². The van der Waals surface area contributed by atoms with Gasteiger partial charge in [-0.2, -0.15) is 0 Å². The van der Waals surface area contributed by atoms with Crippen molar-refractivity contribution in [3.05, 3.63) is 76.9 Å². The zero-order valence-corrected chi connectivity index (χ0v) is 20.1. The molecule has 0 amide bonds. The van der Waals surface area contributed by atoms with Crippen molar-refractivity contribution in [2.45, 2.75) is 34.1 Å². The van der Waals surface area contributed by atoms with Crippen LogP contribution in [0.3, 0.4) is 0 Å². The van der Waals surface area contributed by atoms with E-state index in [4.69, 9.17) is 9.47 Å². The van der Waals surface area contributed by atoms with Crippen LogP contribution < -0.4 is 9.47 Å². The highest BCUT2D eigenvalue weighted by Crippen LogP contribution is 2.24. The van der Waals surface area contributed by atoms with E-state index in [0.717, 1.165) is 40.0 Å². The molecule has 4 nitrogen and oxygen atoms in total. The fourth-order valence-electron chi connectivity index (χ4n) is 2.19. The SMILES string of the molecule is C=C(C)C=N/C=C\C.C=CCOc1cc(OCCc2scnc2C)cc(C(C)=P)c1. The molecule has 0 fully saturated rings. The van der Waals surface area contributed by atoms with Crippen LogP contribution in [0.5, 0.6) is 11.5 Å². The molecule has 0 radical (unpaired) electrons. The number of allylic oxidation sites excluding steroid dienone is 2. The molecule has 0 aliphatic heterocycles. The number of rotatable bonds is 10. The Labute approximate surface area is 186 Å². The normalized spacial score (nSPS) is 10.5. The Morgan fingerprint density at radius 2 is 1.93 bits per heavy atom. The van der Waals surface area contributed by atoms with E-state index in [2.05, 4.69) is 32.0 Å². The Bertz CT molecular complexity index is 900. The Morgan fingerprint density at radius 1 is 1.23 bits per heavy atom. The number of aromatic nitrogens is 1. The quantitative estimate of drug-likeness (QED) is 0.240. The number of aliphatic imine (C=N–C) groups is 1. The third-order valence-corrected chi connectivity index (χ3v) is 4.94. The Kier molecular flexibility index (Phi) is 12.3. The molecule has 6 heteroatoms. The van der Waals surface area contributed by atoms with Gasteiger partial charge < -0.3 is 9.47 Å². The van der Waals surface area contributed by atoms with E-state index in [0.29, 0.717) is 13.2 Å². The van der Waals surface area contributed by atoms with Crippen LogP contribution in [0, 0.1) is 6.92 Å². The standard InChI is InChI=1S/C17H20NO2PS.C7H11N/c1-4-6-19-15-8-14(13(3)21)9-16(10-15)20-7-5-17-12(2)18-11-22-17;1-4-5-8-6-7(2)3/h4,8-11,21H,1,5-7H2,2-3H3;4-6H,2H2,1,3H3/b;5-4-,8-6?. The molecule has 1 aromatic carbocycles. The van der Waals surface area contributed by atoms with E-state index >= 15 is 0 Å². The maximum atomic E-state index is 5.88. The molecule has 160 valence electrons. The highest BCUT2D eigenvalue weighted by Gasteiger charge is 2.06. The molecule has 1 heterocycles. The number of ether oxygens (including phenoxy) is 2. The minimum atomic E-state index is 0.476. The molecular formula is C24H31N2O2PS. The molecule has 0 N–H and O–H groups in total. The van der Waals surface area contributed by atoms with E-state index in [1.165, 1.54) is 4.88 Å². The lowest BCUT2D eigenvalue weighted by molar-refractivity contribution is 0.316. The molecule has 0 atom stereocenters. The molecule has 0 bridgehead atoms. The molecule has 0 unspecified atom stereocenters. The van der Waals surface area contributed by atoms with Crippen molar-refractivity contribution in [2.75, 3.05) is 13.2 Å². The monoisotopic (exact) mass is 442 g/mol. The third kappa shape index (κ3) is 10.3. The summed E-state index contributed by atoms with van der Waals surface area (Å²) in [6, 6.07) is 5.89. The van der Waals surface area contributed by atoms with Crippen LogP contribution in [0.4, 0.5) is 0 Å². The summed E-state index contributed by atoms with van der Waals surface area (Å²) in [7, 11) is 3.56. The molecule has 0 aliphatic rings. The van der Waals surface area contributed by atoms with Gasteiger partial charge in [0.25, 0.3) is 0 Å². The number of nitrogens with zero attached hydrogens (tertiary/aromatic N) is 2. The van der Waals surface area contributed by atoms with Crippen LogP contribution in [-0.2, 0) is 6.42 Å². The minimum Gasteiger partial charge on any atom is -0.493 e. The zero-order chi connectivity index (χ0) is 22.4. The third-order valence-electron chi connectivity index (χ3n) is 3.65. The fourth-order valence-corrected chi connectivity index (χ4v) is 3.10. The summed E-state index contributed by atoms with van der Waals surface area (Å²) in [5.74, 6) is 1.58. The van der Waals surface area contributed by atoms with Gasteiger partial charge in [0.15, 0.2) is 0 Å². The van der Waals surface area contributed by atoms with E-state index in [1.54, 1.807) is 29.8 Å². The topological polar surface area (TPSA) is 43.7 Å². The van der Waals surface area contributed by atoms with Gasteiger partial charge in [0.05, 0.1) is 17.8 Å². The van der Waals surface area contributed by atoms with Crippen molar-refractivity contribution in [1.82, 2.24) is 4.98 Å². The number of hydrogen-bond donors (Lipinski definition) is 0. The molecule has 1 aromatic heterocycles. The number of thiazole rings is 1. The van der Waals surface area contributed by atoms with Gasteiger partial charge in [-0.05, 0) is 56.3 Å². The lowest BCUT2D eigenvalue weighted by Crippen LogP contribution is -2.03. The molecule has 2 rings (SSSR count). The van der Waals surface area contributed by atoms with Crippen LogP contribution >= 0.6 is 20.2 Å². The van der Waals surface area contributed by atoms with Crippen LogP contribution in [0.1, 0.15) is 36.9 Å². The smallest absolute Gasteiger partial charge is 0.124 e. The summed E-state index contributed by atoms with van der Waals surface area (Å²) in [4.78, 5) is 9.40. The Balaban J connectivity index is 0.000000479. The first-order valence-electron chi connectivity index (χ1n) is 9.63. The van der Waals surface area contributed by atoms with Crippen molar-refractivity contribution < 1.29 is 9.47 Å². The summed E-state index contributed by atoms with van der Waals surface area (Å²) in [5, 5.41) is 1.03. The average Bonchev–Trinajstić information content (AvgIpc) is 3.11. The van der Waals surface area contributed by atoms with E-state index < -0.39 is 0 Å². The molecule has 2 aromatic rings. The van der Waals surface area contributed by atoms with Gasteiger partial charge in [-0.25, -0.2) is 4.98 Å². The minimum absolute atomic E-state index is 0.476. The van der Waals surface area contributed by atoms with Crippen molar-refractivity contribution in [3.8, 4) is 11.5 Å². The Hall–Kier alpha value is -2.49. The van der Waals surface area contributed by atoms with E-state index in [9.17, 15) is 0 Å². The number of benzene rings is 1. The van der Waals surface area contributed by atoms with Gasteiger partial charge in [0.2, 0.25) is 0 Å². The second kappa shape index (κ2) is 14.5. The molecular weight excluding hydrogens is 411 g/mol. The van der Waals surface area contributed by atoms with Crippen molar-refractivity contribution >= 4 is 31.7 Å². The Morgan fingerprint density at radius 3 is 2.47 bits per heavy atom. The molecule has 0 saturated carbocycles. The van der Waals surface area contributed by atoms with Gasteiger partial charge in [-0.3, -0.25) is 4.99 Å². The predicted molar refractivity (Wildman–Crippen MR) is 134 cm³/mol. The lowest BCUT2D eigenvalue weighted by Gasteiger charge is -2.11. The highest BCUT2D eigenvalue weighted by atomic mass is 32.1. The molecule has 30 heavy (non-hydrogen) atoms. The van der Waals surface area contributed by atoms with Gasteiger partial charge in [-0.1, -0.05) is 25.3 Å². The first kappa shape index (κ1) is 25.5. The maximum absolute atomic E-state index is 5.88. The summed E-state index contributed by atoms with van der Waals surface area (Å²) >= 11 is 1.67. The summed E-state index contributed by atoms with van der Waals surface area (Å²) in [6.45, 7) is 16.3. The summed E-state index contributed by atoms with van der Waals surface area (Å²) < 4.78 is 11.5. The van der Waals surface area contributed by atoms with Gasteiger partial charge in [-0.15, -0.1) is 20.2 Å². The lowest BCUT2D eigenvalue weighted by atomic mass is 10.1. The van der Waals surface area contributed by atoms with Gasteiger partial charge in [0.1, 0.15) is 18.1 Å². The molecule has 0 aliphatic carbocycles.